The van der Waals surface area contributed by atoms with Crippen molar-refractivity contribution in [3.63, 3.8) is 0 Å². The fourth-order valence-electron chi connectivity index (χ4n) is 2.28. The summed E-state index contributed by atoms with van der Waals surface area (Å²) in [6, 6.07) is 11.3. The molecule has 86 valence electrons. The molecule has 1 aromatic carbocycles. The molecule has 2 rings (SSSR count). The summed E-state index contributed by atoms with van der Waals surface area (Å²) in [5, 5.41) is 3.51. The van der Waals surface area contributed by atoms with Crippen LogP contribution in [0, 0.1) is 0 Å². The highest BCUT2D eigenvalue weighted by Gasteiger charge is 2.10. The third kappa shape index (κ3) is 3.73. The second-order valence-electron chi connectivity index (χ2n) is 4.59. The van der Waals surface area contributed by atoms with Gasteiger partial charge in [0, 0.05) is 6.04 Å². The topological polar surface area (TPSA) is 12.0 Å². The van der Waals surface area contributed by atoms with Crippen molar-refractivity contribution in [3.05, 3.63) is 48.2 Å². The summed E-state index contributed by atoms with van der Waals surface area (Å²) in [6.45, 7) is 0. The number of nitrogens with one attached hydrogen (secondary N) is 1. The Morgan fingerprint density at radius 2 is 1.81 bits per heavy atom. The summed E-state index contributed by atoms with van der Waals surface area (Å²) in [4.78, 5) is 0. The van der Waals surface area contributed by atoms with Crippen LogP contribution >= 0.6 is 0 Å². The van der Waals surface area contributed by atoms with Crippen LogP contribution in [0.15, 0.2) is 42.6 Å². The highest BCUT2D eigenvalue weighted by molar-refractivity contribution is 5.17. The van der Waals surface area contributed by atoms with Crippen LogP contribution < -0.4 is 5.32 Å². The maximum atomic E-state index is 3.51. The molecule has 1 nitrogen and oxygen atoms in total. The Kier molecular flexibility index (Phi) is 4.48. The van der Waals surface area contributed by atoms with Gasteiger partial charge in [0.25, 0.3) is 0 Å². The first-order valence-electron chi connectivity index (χ1n) is 6.40. The van der Waals surface area contributed by atoms with Crippen molar-refractivity contribution in [2.75, 3.05) is 0 Å². The molecular formula is C15H21N. The zero-order valence-electron chi connectivity index (χ0n) is 9.86. The zero-order valence-corrected chi connectivity index (χ0v) is 9.86. The van der Waals surface area contributed by atoms with Crippen LogP contribution in [-0.2, 0) is 6.42 Å². The molecule has 1 N–H and O–H groups in total. The lowest BCUT2D eigenvalue weighted by Crippen LogP contribution is -2.26. The molecule has 1 heteroatoms. The molecule has 0 spiro atoms. The molecule has 1 fully saturated rings. The van der Waals surface area contributed by atoms with Gasteiger partial charge in [-0.2, -0.15) is 0 Å². The van der Waals surface area contributed by atoms with Gasteiger partial charge in [-0.1, -0.05) is 55.7 Å². The predicted octanol–water partition coefficient (Wildman–Crippen LogP) is 3.67. The van der Waals surface area contributed by atoms with Gasteiger partial charge in [0.2, 0.25) is 0 Å². The summed E-state index contributed by atoms with van der Waals surface area (Å²) in [5.41, 5.74) is 1.38. The van der Waals surface area contributed by atoms with Crippen molar-refractivity contribution in [2.45, 2.75) is 44.6 Å². The molecule has 0 bridgehead atoms. The molecule has 0 amide bonds. The SMILES string of the molecule is C(=CNC1CCCCC1)Cc1ccccc1. The Morgan fingerprint density at radius 1 is 1.06 bits per heavy atom. The molecular weight excluding hydrogens is 194 g/mol. The Bertz CT molecular complexity index is 309. The van der Waals surface area contributed by atoms with E-state index in [2.05, 4.69) is 47.9 Å². The van der Waals surface area contributed by atoms with E-state index >= 15 is 0 Å². The number of rotatable bonds is 4. The summed E-state index contributed by atoms with van der Waals surface area (Å²) in [7, 11) is 0. The van der Waals surface area contributed by atoms with Gasteiger partial charge in [-0.05, 0) is 31.0 Å². The average molecular weight is 215 g/mol. The van der Waals surface area contributed by atoms with E-state index in [9.17, 15) is 0 Å². The second-order valence-corrected chi connectivity index (χ2v) is 4.59. The van der Waals surface area contributed by atoms with Crippen molar-refractivity contribution in [1.29, 1.82) is 0 Å². The average Bonchev–Trinajstić information content (AvgIpc) is 2.37. The molecule has 0 aromatic heterocycles. The van der Waals surface area contributed by atoms with Crippen LogP contribution in [0.3, 0.4) is 0 Å². The van der Waals surface area contributed by atoms with E-state index in [4.69, 9.17) is 0 Å². The highest BCUT2D eigenvalue weighted by Crippen LogP contribution is 2.17. The molecule has 1 aliphatic carbocycles. The quantitative estimate of drug-likeness (QED) is 0.808. The zero-order chi connectivity index (χ0) is 11.1. The van der Waals surface area contributed by atoms with Crippen molar-refractivity contribution in [3.8, 4) is 0 Å². The fourth-order valence-corrected chi connectivity index (χ4v) is 2.28. The Labute approximate surface area is 98.6 Å². The van der Waals surface area contributed by atoms with Crippen LogP contribution in [-0.4, -0.2) is 6.04 Å². The van der Waals surface area contributed by atoms with E-state index in [1.54, 1.807) is 0 Å². The van der Waals surface area contributed by atoms with Gasteiger partial charge in [0.1, 0.15) is 0 Å². The lowest BCUT2D eigenvalue weighted by molar-refractivity contribution is 0.404. The molecule has 0 unspecified atom stereocenters. The predicted molar refractivity (Wildman–Crippen MR) is 69.3 cm³/mol. The Hall–Kier alpha value is -1.24. The van der Waals surface area contributed by atoms with Gasteiger partial charge in [-0.15, -0.1) is 0 Å². The van der Waals surface area contributed by atoms with Crippen LogP contribution in [0.1, 0.15) is 37.7 Å². The first kappa shape index (κ1) is 11.3. The third-order valence-electron chi connectivity index (χ3n) is 3.25. The largest absolute Gasteiger partial charge is 0.388 e. The van der Waals surface area contributed by atoms with E-state index in [1.165, 1.54) is 37.7 Å². The first-order valence-corrected chi connectivity index (χ1v) is 6.40. The van der Waals surface area contributed by atoms with Gasteiger partial charge in [0.05, 0.1) is 0 Å². The van der Waals surface area contributed by atoms with Crippen molar-refractivity contribution < 1.29 is 0 Å². The Balaban J connectivity index is 1.69. The molecule has 0 saturated heterocycles. The lowest BCUT2D eigenvalue weighted by Gasteiger charge is -2.21. The highest BCUT2D eigenvalue weighted by atomic mass is 14.9. The summed E-state index contributed by atoms with van der Waals surface area (Å²) < 4.78 is 0. The van der Waals surface area contributed by atoms with E-state index < -0.39 is 0 Å². The minimum absolute atomic E-state index is 0.723. The molecule has 16 heavy (non-hydrogen) atoms. The first-order chi connectivity index (χ1) is 7.95. The van der Waals surface area contributed by atoms with Crippen LogP contribution in [0.25, 0.3) is 0 Å². The molecule has 0 heterocycles. The van der Waals surface area contributed by atoms with Crippen LogP contribution in [0.5, 0.6) is 0 Å². The normalized spacial score (nSPS) is 17.8. The van der Waals surface area contributed by atoms with Gasteiger partial charge in [0.15, 0.2) is 0 Å². The third-order valence-corrected chi connectivity index (χ3v) is 3.25. The standard InChI is InChI=1S/C15H21N/c1-3-8-14(9-4-1)10-7-13-16-15-11-5-2-6-12-15/h1,3-4,7-9,13,15-16H,2,5-6,10-12H2. The number of allylic oxidation sites excluding steroid dienone is 1. The minimum Gasteiger partial charge on any atom is -0.388 e. The van der Waals surface area contributed by atoms with E-state index in [0.29, 0.717) is 0 Å². The lowest BCUT2D eigenvalue weighted by atomic mass is 9.96. The van der Waals surface area contributed by atoms with Gasteiger partial charge < -0.3 is 5.32 Å². The van der Waals surface area contributed by atoms with Crippen LogP contribution in [0.2, 0.25) is 0 Å². The van der Waals surface area contributed by atoms with E-state index in [-0.39, 0.29) is 0 Å². The molecule has 1 saturated carbocycles. The number of hydrogen-bond donors (Lipinski definition) is 1. The Morgan fingerprint density at radius 3 is 2.56 bits per heavy atom. The summed E-state index contributed by atoms with van der Waals surface area (Å²) in [5.74, 6) is 0. The molecule has 0 aliphatic heterocycles. The summed E-state index contributed by atoms with van der Waals surface area (Å²) in [6.07, 6.45) is 12.3. The maximum Gasteiger partial charge on any atom is 0.0255 e. The van der Waals surface area contributed by atoms with Gasteiger partial charge in [-0.3, -0.25) is 0 Å². The minimum atomic E-state index is 0.723. The van der Waals surface area contributed by atoms with Gasteiger partial charge >= 0.3 is 0 Å². The molecule has 0 atom stereocenters. The maximum absolute atomic E-state index is 3.51. The summed E-state index contributed by atoms with van der Waals surface area (Å²) >= 11 is 0. The van der Waals surface area contributed by atoms with Crippen molar-refractivity contribution in [2.24, 2.45) is 0 Å². The second kappa shape index (κ2) is 6.37. The molecule has 1 aromatic rings. The van der Waals surface area contributed by atoms with Crippen LogP contribution in [0.4, 0.5) is 0 Å². The van der Waals surface area contributed by atoms with Crippen molar-refractivity contribution >= 4 is 0 Å². The molecule has 1 aliphatic rings. The number of hydrogen-bond acceptors (Lipinski definition) is 1. The fraction of sp³-hybridized carbons (Fsp3) is 0.467. The molecule has 0 radical (unpaired) electrons. The smallest absolute Gasteiger partial charge is 0.0255 e. The van der Waals surface area contributed by atoms with Crippen molar-refractivity contribution in [1.82, 2.24) is 5.32 Å². The van der Waals surface area contributed by atoms with Gasteiger partial charge in [-0.25, -0.2) is 0 Å². The van der Waals surface area contributed by atoms with E-state index in [1.807, 2.05) is 0 Å². The number of benzene rings is 1. The van der Waals surface area contributed by atoms with E-state index in [0.717, 1.165) is 12.5 Å². The monoisotopic (exact) mass is 215 g/mol.